The summed E-state index contributed by atoms with van der Waals surface area (Å²) in [4.78, 5) is 5.09. The first-order chi connectivity index (χ1) is 4.31. The topological polar surface area (TPSA) is 21.3 Å². The third-order valence-corrected chi connectivity index (χ3v) is 1.08. The molecule has 0 heterocycles. The molecule has 0 aromatic carbocycles. The van der Waals surface area contributed by atoms with Crippen LogP contribution in [-0.4, -0.2) is 6.10 Å². The molecule has 2 nitrogen and oxygen atoms in total. The molecular weight excluding hydrogens is 114 g/mol. The van der Waals surface area contributed by atoms with E-state index in [1.165, 1.54) is 0 Å². The maximum Gasteiger partial charge on any atom is 0.0823 e. The third kappa shape index (κ3) is 5.37. The lowest BCUT2D eigenvalue weighted by atomic mass is 10.3. The largest absolute Gasteiger partial charge is 0.274 e. The minimum atomic E-state index is 0.293. The van der Waals surface area contributed by atoms with Crippen molar-refractivity contribution in [3.8, 4) is 0 Å². The van der Waals surface area contributed by atoms with Crippen LogP contribution in [0, 0.1) is 0 Å². The standard InChI is InChI=1S/C7H15NO/c1-4-6-8-9-7(3)5-2/h4,6-8H,5H2,1-3H3/b6-4+. The summed E-state index contributed by atoms with van der Waals surface area (Å²) in [7, 11) is 0. The van der Waals surface area contributed by atoms with Gasteiger partial charge in [0.05, 0.1) is 6.10 Å². The Balaban J connectivity index is 3.06. The Hall–Kier alpha value is -0.500. The molecule has 1 unspecified atom stereocenters. The van der Waals surface area contributed by atoms with Crippen LogP contribution in [0.5, 0.6) is 0 Å². The van der Waals surface area contributed by atoms with Gasteiger partial charge in [0.1, 0.15) is 0 Å². The second-order valence-electron chi connectivity index (χ2n) is 1.95. The van der Waals surface area contributed by atoms with E-state index in [1.54, 1.807) is 6.20 Å². The molecule has 1 N–H and O–H groups in total. The molecule has 0 fully saturated rings. The van der Waals surface area contributed by atoms with Crippen LogP contribution in [0.2, 0.25) is 0 Å². The Bertz CT molecular complexity index is 81.0. The van der Waals surface area contributed by atoms with Crippen LogP contribution >= 0.6 is 0 Å². The molecule has 0 aliphatic heterocycles. The first kappa shape index (κ1) is 8.50. The highest BCUT2D eigenvalue weighted by atomic mass is 16.7. The van der Waals surface area contributed by atoms with Gasteiger partial charge >= 0.3 is 0 Å². The van der Waals surface area contributed by atoms with Crippen LogP contribution in [0.3, 0.4) is 0 Å². The molecular formula is C7H15NO. The molecule has 0 amide bonds. The minimum Gasteiger partial charge on any atom is -0.274 e. The number of hydroxylamine groups is 1. The van der Waals surface area contributed by atoms with Crippen molar-refractivity contribution in [1.82, 2.24) is 5.48 Å². The fraction of sp³-hybridized carbons (Fsp3) is 0.714. The fourth-order valence-electron chi connectivity index (χ4n) is 0.307. The van der Waals surface area contributed by atoms with E-state index < -0.39 is 0 Å². The normalized spacial score (nSPS) is 14.1. The highest BCUT2D eigenvalue weighted by Crippen LogP contribution is 1.91. The lowest BCUT2D eigenvalue weighted by molar-refractivity contribution is 0.00820. The molecule has 0 bridgehead atoms. The predicted molar refractivity (Wildman–Crippen MR) is 38.8 cm³/mol. The van der Waals surface area contributed by atoms with Gasteiger partial charge in [-0.3, -0.25) is 10.3 Å². The molecule has 9 heavy (non-hydrogen) atoms. The summed E-state index contributed by atoms with van der Waals surface area (Å²) < 4.78 is 0. The SMILES string of the molecule is C/C=C/NOC(C)CC. The lowest BCUT2D eigenvalue weighted by Gasteiger charge is -2.07. The number of nitrogens with one attached hydrogen (secondary N) is 1. The van der Waals surface area contributed by atoms with Gasteiger partial charge in [0.15, 0.2) is 0 Å². The smallest absolute Gasteiger partial charge is 0.0823 e. The Morgan fingerprint density at radius 2 is 2.33 bits per heavy atom. The molecule has 0 saturated carbocycles. The zero-order valence-corrected chi connectivity index (χ0v) is 6.35. The van der Waals surface area contributed by atoms with E-state index in [1.807, 2.05) is 19.9 Å². The second kappa shape index (κ2) is 5.63. The van der Waals surface area contributed by atoms with Crippen molar-refractivity contribution in [2.75, 3.05) is 0 Å². The molecule has 0 aromatic rings. The van der Waals surface area contributed by atoms with Crippen LogP contribution in [-0.2, 0) is 4.84 Å². The van der Waals surface area contributed by atoms with Gasteiger partial charge in [-0.1, -0.05) is 13.0 Å². The van der Waals surface area contributed by atoms with Gasteiger partial charge in [0, 0.05) is 6.20 Å². The van der Waals surface area contributed by atoms with Crippen molar-refractivity contribution in [1.29, 1.82) is 0 Å². The van der Waals surface area contributed by atoms with Gasteiger partial charge in [-0.25, -0.2) is 0 Å². The fourth-order valence-corrected chi connectivity index (χ4v) is 0.307. The van der Waals surface area contributed by atoms with E-state index in [0.717, 1.165) is 6.42 Å². The van der Waals surface area contributed by atoms with Crippen LogP contribution < -0.4 is 5.48 Å². The van der Waals surface area contributed by atoms with Gasteiger partial charge in [0.2, 0.25) is 0 Å². The molecule has 0 rings (SSSR count). The summed E-state index contributed by atoms with van der Waals surface area (Å²) >= 11 is 0. The second-order valence-corrected chi connectivity index (χ2v) is 1.95. The Labute approximate surface area is 56.9 Å². The molecule has 2 heteroatoms. The maximum absolute atomic E-state index is 5.09. The van der Waals surface area contributed by atoms with Crippen molar-refractivity contribution in [3.63, 3.8) is 0 Å². The summed E-state index contributed by atoms with van der Waals surface area (Å²) in [6.07, 6.45) is 4.99. The first-order valence-corrected chi connectivity index (χ1v) is 3.33. The van der Waals surface area contributed by atoms with Crippen molar-refractivity contribution in [2.24, 2.45) is 0 Å². The summed E-state index contributed by atoms with van der Waals surface area (Å²) in [6, 6.07) is 0. The summed E-state index contributed by atoms with van der Waals surface area (Å²) in [6.45, 7) is 6.05. The summed E-state index contributed by atoms with van der Waals surface area (Å²) in [5.41, 5.74) is 2.71. The Morgan fingerprint density at radius 3 is 2.78 bits per heavy atom. The van der Waals surface area contributed by atoms with Crippen molar-refractivity contribution in [2.45, 2.75) is 33.3 Å². The van der Waals surface area contributed by atoms with Gasteiger partial charge < -0.3 is 0 Å². The molecule has 0 spiro atoms. The molecule has 54 valence electrons. The van der Waals surface area contributed by atoms with Crippen LogP contribution in [0.1, 0.15) is 27.2 Å². The molecule has 0 aliphatic carbocycles. The highest BCUT2D eigenvalue weighted by Gasteiger charge is 1.93. The third-order valence-electron chi connectivity index (χ3n) is 1.08. The van der Waals surface area contributed by atoms with E-state index in [9.17, 15) is 0 Å². The van der Waals surface area contributed by atoms with Gasteiger partial charge in [0.25, 0.3) is 0 Å². The summed E-state index contributed by atoms with van der Waals surface area (Å²) in [5.74, 6) is 0. The van der Waals surface area contributed by atoms with Crippen molar-refractivity contribution >= 4 is 0 Å². The number of allylic oxidation sites excluding steroid dienone is 1. The average molecular weight is 129 g/mol. The van der Waals surface area contributed by atoms with E-state index in [4.69, 9.17) is 4.84 Å². The molecule has 0 aromatic heterocycles. The minimum absolute atomic E-state index is 0.293. The predicted octanol–water partition coefficient (Wildman–Crippen LogP) is 1.84. The van der Waals surface area contributed by atoms with Gasteiger partial charge in [-0.15, -0.1) is 0 Å². The number of rotatable bonds is 4. The zero-order chi connectivity index (χ0) is 7.11. The van der Waals surface area contributed by atoms with E-state index in [-0.39, 0.29) is 0 Å². The highest BCUT2D eigenvalue weighted by molar-refractivity contribution is 4.69. The van der Waals surface area contributed by atoms with Crippen LogP contribution in [0.4, 0.5) is 0 Å². The van der Waals surface area contributed by atoms with Crippen molar-refractivity contribution < 1.29 is 4.84 Å². The van der Waals surface area contributed by atoms with Crippen LogP contribution in [0.25, 0.3) is 0 Å². The van der Waals surface area contributed by atoms with E-state index in [0.29, 0.717) is 6.10 Å². The van der Waals surface area contributed by atoms with E-state index >= 15 is 0 Å². The number of hydrogen-bond acceptors (Lipinski definition) is 2. The molecule has 0 saturated heterocycles. The van der Waals surface area contributed by atoms with Gasteiger partial charge in [-0.2, -0.15) is 0 Å². The maximum atomic E-state index is 5.09. The zero-order valence-electron chi connectivity index (χ0n) is 6.35. The van der Waals surface area contributed by atoms with Crippen molar-refractivity contribution in [3.05, 3.63) is 12.3 Å². The van der Waals surface area contributed by atoms with E-state index in [2.05, 4.69) is 12.4 Å². The quantitative estimate of drug-likeness (QED) is 0.585. The first-order valence-electron chi connectivity index (χ1n) is 3.33. The number of hydrogen-bond donors (Lipinski definition) is 1. The monoisotopic (exact) mass is 129 g/mol. The average Bonchev–Trinajstić information content (AvgIpc) is 1.89. The molecule has 1 atom stereocenters. The summed E-state index contributed by atoms with van der Waals surface area (Å²) in [5, 5.41) is 0. The van der Waals surface area contributed by atoms with Crippen LogP contribution in [0.15, 0.2) is 12.3 Å². The Kier molecular flexibility index (Phi) is 5.32. The molecule has 0 radical (unpaired) electrons. The molecule has 0 aliphatic rings. The Morgan fingerprint density at radius 1 is 1.67 bits per heavy atom. The lowest BCUT2D eigenvalue weighted by Crippen LogP contribution is -2.15. The van der Waals surface area contributed by atoms with Gasteiger partial charge in [-0.05, 0) is 20.3 Å².